The van der Waals surface area contributed by atoms with Crippen molar-refractivity contribution in [1.82, 2.24) is 10.2 Å². The molecule has 4 atom stereocenters. The van der Waals surface area contributed by atoms with Gasteiger partial charge in [0.15, 0.2) is 5.72 Å². The SMILES string of the molecule is COc1ccc2c(c1)O[C@@]1(C[C@@H]3CC[C@@H]1C[C@@H]3C(=O)N1CCC(O)CC1)NC2=O. The van der Waals surface area contributed by atoms with E-state index in [0.29, 0.717) is 49.4 Å². The van der Waals surface area contributed by atoms with Crippen LogP contribution in [0.15, 0.2) is 18.2 Å². The second kappa shape index (κ2) is 6.90. The summed E-state index contributed by atoms with van der Waals surface area (Å²) in [5.41, 5.74) is -0.203. The molecule has 2 bridgehead atoms. The lowest BCUT2D eigenvalue weighted by Gasteiger charge is -2.55. The Balaban J connectivity index is 1.36. The van der Waals surface area contributed by atoms with Crippen LogP contribution in [-0.2, 0) is 4.79 Å². The molecule has 3 aliphatic carbocycles. The second-order valence-electron chi connectivity index (χ2n) is 8.94. The molecule has 0 radical (unpaired) electrons. The smallest absolute Gasteiger partial charge is 0.258 e. The van der Waals surface area contributed by atoms with E-state index in [9.17, 15) is 14.7 Å². The molecule has 2 amide bonds. The van der Waals surface area contributed by atoms with Gasteiger partial charge in [0, 0.05) is 37.4 Å². The van der Waals surface area contributed by atoms with Gasteiger partial charge in [-0.15, -0.1) is 0 Å². The lowest BCUT2D eigenvalue weighted by atomic mass is 9.59. The van der Waals surface area contributed by atoms with Gasteiger partial charge in [-0.3, -0.25) is 9.59 Å². The summed E-state index contributed by atoms with van der Waals surface area (Å²) in [6, 6.07) is 5.27. The fraction of sp³-hybridized carbons (Fsp3) is 0.636. The zero-order valence-electron chi connectivity index (χ0n) is 16.7. The Kier molecular flexibility index (Phi) is 4.46. The van der Waals surface area contributed by atoms with E-state index in [-0.39, 0.29) is 35.7 Å². The summed E-state index contributed by atoms with van der Waals surface area (Å²) in [6.07, 6.45) is 4.38. The van der Waals surface area contributed by atoms with Crippen molar-refractivity contribution >= 4 is 11.8 Å². The van der Waals surface area contributed by atoms with Crippen LogP contribution in [0.25, 0.3) is 0 Å². The molecule has 156 valence electrons. The summed E-state index contributed by atoms with van der Waals surface area (Å²) in [4.78, 5) is 27.9. The monoisotopic (exact) mass is 400 g/mol. The Bertz CT molecular complexity index is 834. The van der Waals surface area contributed by atoms with Crippen LogP contribution in [-0.4, -0.2) is 53.8 Å². The largest absolute Gasteiger partial charge is 0.497 e. The molecule has 1 spiro atoms. The molecular weight excluding hydrogens is 372 g/mol. The van der Waals surface area contributed by atoms with E-state index in [2.05, 4.69) is 5.32 Å². The number of nitrogens with zero attached hydrogens (tertiary/aromatic N) is 1. The van der Waals surface area contributed by atoms with E-state index in [4.69, 9.17) is 9.47 Å². The molecule has 4 fully saturated rings. The van der Waals surface area contributed by atoms with Crippen molar-refractivity contribution in [3.05, 3.63) is 23.8 Å². The molecule has 2 N–H and O–H groups in total. The zero-order chi connectivity index (χ0) is 20.2. The third kappa shape index (κ3) is 3.06. The van der Waals surface area contributed by atoms with Crippen LogP contribution in [0.1, 0.15) is 48.9 Å². The van der Waals surface area contributed by atoms with Crippen LogP contribution >= 0.6 is 0 Å². The average Bonchev–Trinajstić information content (AvgIpc) is 2.73. The van der Waals surface area contributed by atoms with E-state index < -0.39 is 5.72 Å². The molecule has 0 aromatic heterocycles. The van der Waals surface area contributed by atoms with Gasteiger partial charge in [-0.2, -0.15) is 0 Å². The van der Waals surface area contributed by atoms with Crippen molar-refractivity contribution < 1.29 is 24.2 Å². The van der Waals surface area contributed by atoms with Gasteiger partial charge in [0.2, 0.25) is 5.91 Å². The van der Waals surface area contributed by atoms with Crippen LogP contribution in [0.5, 0.6) is 11.5 Å². The van der Waals surface area contributed by atoms with Crippen LogP contribution < -0.4 is 14.8 Å². The van der Waals surface area contributed by atoms with Crippen molar-refractivity contribution in [3.63, 3.8) is 0 Å². The summed E-state index contributed by atoms with van der Waals surface area (Å²) in [7, 11) is 1.60. The molecule has 2 heterocycles. The molecule has 2 aliphatic heterocycles. The summed E-state index contributed by atoms with van der Waals surface area (Å²) < 4.78 is 11.7. The highest BCUT2D eigenvalue weighted by molar-refractivity contribution is 5.98. The molecule has 7 heteroatoms. The molecule has 0 unspecified atom stereocenters. The van der Waals surface area contributed by atoms with Crippen LogP contribution in [0.2, 0.25) is 0 Å². The maximum atomic E-state index is 13.2. The quantitative estimate of drug-likeness (QED) is 0.792. The lowest BCUT2D eigenvalue weighted by molar-refractivity contribution is -0.157. The number of piperidine rings is 1. The highest BCUT2D eigenvalue weighted by Gasteiger charge is 2.57. The number of carbonyl (C=O) groups is 2. The van der Waals surface area contributed by atoms with Crippen LogP contribution in [0.3, 0.4) is 0 Å². The van der Waals surface area contributed by atoms with E-state index in [1.54, 1.807) is 25.3 Å². The Labute approximate surface area is 170 Å². The van der Waals surface area contributed by atoms with Crippen molar-refractivity contribution in [2.45, 2.75) is 50.4 Å². The highest BCUT2D eigenvalue weighted by Crippen LogP contribution is 2.53. The Morgan fingerprint density at radius 2 is 2.07 bits per heavy atom. The number of fused-ring (bicyclic) bond motifs is 3. The van der Waals surface area contributed by atoms with Crippen molar-refractivity contribution in [2.24, 2.45) is 17.8 Å². The van der Waals surface area contributed by atoms with Crippen LogP contribution in [0, 0.1) is 17.8 Å². The van der Waals surface area contributed by atoms with Gasteiger partial charge in [-0.25, -0.2) is 0 Å². The molecular formula is C22H28N2O5. The first-order chi connectivity index (χ1) is 14.0. The van der Waals surface area contributed by atoms with Gasteiger partial charge in [-0.05, 0) is 50.2 Å². The fourth-order valence-electron chi connectivity index (χ4n) is 5.74. The van der Waals surface area contributed by atoms with Gasteiger partial charge in [0.05, 0.1) is 18.8 Å². The van der Waals surface area contributed by atoms with Gasteiger partial charge >= 0.3 is 0 Å². The Morgan fingerprint density at radius 1 is 1.28 bits per heavy atom. The average molecular weight is 400 g/mol. The molecule has 5 aliphatic rings. The lowest BCUT2D eigenvalue weighted by Crippen LogP contribution is -2.67. The molecule has 3 saturated carbocycles. The van der Waals surface area contributed by atoms with Crippen molar-refractivity contribution in [1.29, 1.82) is 0 Å². The number of hydrogen-bond acceptors (Lipinski definition) is 5. The van der Waals surface area contributed by atoms with Gasteiger partial charge in [0.25, 0.3) is 5.91 Å². The van der Waals surface area contributed by atoms with E-state index in [1.165, 1.54) is 0 Å². The minimum Gasteiger partial charge on any atom is -0.497 e. The number of carbonyl (C=O) groups excluding carboxylic acids is 2. The number of aliphatic hydroxyl groups excluding tert-OH is 1. The predicted molar refractivity (Wildman–Crippen MR) is 105 cm³/mol. The molecule has 1 aromatic carbocycles. The predicted octanol–water partition coefficient (Wildman–Crippen LogP) is 1.93. The van der Waals surface area contributed by atoms with E-state index in [1.807, 2.05) is 4.90 Å². The number of rotatable bonds is 2. The van der Waals surface area contributed by atoms with E-state index in [0.717, 1.165) is 19.3 Å². The third-order valence-corrected chi connectivity index (χ3v) is 7.36. The Morgan fingerprint density at radius 3 is 2.76 bits per heavy atom. The van der Waals surface area contributed by atoms with Gasteiger partial charge in [0.1, 0.15) is 11.5 Å². The van der Waals surface area contributed by atoms with Crippen LogP contribution in [0.4, 0.5) is 0 Å². The van der Waals surface area contributed by atoms with Gasteiger partial charge < -0.3 is 24.8 Å². The number of nitrogens with one attached hydrogen (secondary N) is 1. The summed E-state index contributed by atoms with van der Waals surface area (Å²) in [5.74, 6) is 1.62. The molecule has 1 aromatic rings. The maximum absolute atomic E-state index is 13.2. The summed E-state index contributed by atoms with van der Waals surface area (Å²) in [5, 5.41) is 12.9. The molecule has 29 heavy (non-hydrogen) atoms. The molecule has 6 rings (SSSR count). The number of hydrogen-bond donors (Lipinski definition) is 2. The molecule has 7 nitrogen and oxygen atoms in total. The normalized spacial score (nSPS) is 33.8. The van der Waals surface area contributed by atoms with Crippen molar-refractivity contribution in [3.8, 4) is 11.5 Å². The number of ether oxygens (including phenoxy) is 2. The van der Waals surface area contributed by atoms with Crippen molar-refractivity contribution in [2.75, 3.05) is 20.2 Å². The van der Waals surface area contributed by atoms with E-state index >= 15 is 0 Å². The maximum Gasteiger partial charge on any atom is 0.258 e. The minimum absolute atomic E-state index is 0.0122. The first-order valence-electron chi connectivity index (χ1n) is 10.7. The minimum atomic E-state index is -0.728. The first-order valence-corrected chi connectivity index (χ1v) is 10.7. The number of likely N-dealkylation sites (tertiary alicyclic amines) is 1. The number of aliphatic hydroxyl groups is 1. The highest BCUT2D eigenvalue weighted by atomic mass is 16.5. The Hall–Kier alpha value is -2.28. The number of methoxy groups -OCH3 is 1. The van der Waals surface area contributed by atoms with Gasteiger partial charge in [-0.1, -0.05) is 0 Å². The number of benzene rings is 1. The topological polar surface area (TPSA) is 88.1 Å². The first kappa shape index (κ1) is 18.7. The fourth-order valence-corrected chi connectivity index (χ4v) is 5.74. The number of amides is 2. The summed E-state index contributed by atoms with van der Waals surface area (Å²) in [6.45, 7) is 1.28. The summed E-state index contributed by atoms with van der Waals surface area (Å²) >= 11 is 0. The zero-order valence-corrected chi connectivity index (χ0v) is 16.7. The molecule has 1 saturated heterocycles. The third-order valence-electron chi connectivity index (χ3n) is 7.36. The standard InChI is InChI=1S/C22H28N2O5/c1-28-16-4-5-17-19(11-16)29-22(23-20(17)26)12-13-2-3-14(22)10-18(13)21(27)24-8-6-15(25)7-9-24/h4-5,11,13-15,18,25H,2-3,6-10,12H2,1H3,(H,23,26)/t13-,14+,18-,22+/m0/s1. The second-order valence-corrected chi connectivity index (χ2v) is 8.94.